The Morgan fingerprint density at radius 3 is 2.69 bits per heavy atom. The highest BCUT2D eigenvalue weighted by molar-refractivity contribution is 7.99. The van der Waals surface area contributed by atoms with Crippen LogP contribution >= 0.6 is 11.8 Å². The molecule has 2 unspecified atom stereocenters. The molecule has 1 aromatic rings. The average molecular weight is 241 g/mol. The number of aryl methyl sites for hydroxylation is 1. The van der Waals surface area contributed by atoms with E-state index in [-0.39, 0.29) is 0 Å². The third kappa shape index (κ3) is 4.62. The van der Waals surface area contributed by atoms with Crippen molar-refractivity contribution in [3.63, 3.8) is 0 Å². The van der Waals surface area contributed by atoms with E-state index in [1.54, 1.807) is 0 Å². The van der Waals surface area contributed by atoms with E-state index in [1.165, 1.54) is 17.9 Å². The van der Waals surface area contributed by atoms with Crippen LogP contribution in [0, 0.1) is 6.92 Å². The van der Waals surface area contributed by atoms with E-state index < -0.39 is 0 Å². The summed E-state index contributed by atoms with van der Waals surface area (Å²) in [6.45, 7) is 8.58. The molecule has 1 heterocycles. The Hall–Kier alpha value is -0.410. The molecule has 1 N–H and O–H groups in total. The van der Waals surface area contributed by atoms with E-state index in [1.807, 2.05) is 24.8 Å². The van der Waals surface area contributed by atoms with E-state index in [4.69, 9.17) is 4.42 Å². The zero-order valence-electron chi connectivity index (χ0n) is 10.7. The topological polar surface area (TPSA) is 25.2 Å². The Morgan fingerprint density at radius 2 is 2.12 bits per heavy atom. The van der Waals surface area contributed by atoms with Gasteiger partial charge in [-0.15, -0.1) is 0 Å². The van der Waals surface area contributed by atoms with Crippen molar-refractivity contribution in [2.24, 2.45) is 0 Å². The lowest BCUT2D eigenvalue weighted by Gasteiger charge is -2.18. The minimum absolute atomic E-state index is 0.301. The lowest BCUT2D eigenvalue weighted by atomic mass is 10.2. The van der Waals surface area contributed by atoms with Gasteiger partial charge < -0.3 is 9.73 Å². The quantitative estimate of drug-likeness (QED) is 0.736. The first-order valence-electron chi connectivity index (χ1n) is 6.03. The standard InChI is InChI=1S/C13H23NOS/c1-5-16-9-8-10(2)14-12(4)13-7-6-11(3)15-13/h6-7,10,12,14H,5,8-9H2,1-4H3. The van der Waals surface area contributed by atoms with Crippen LogP contribution in [0.5, 0.6) is 0 Å². The van der Waals surface area contributed by atoms with Gasteiger partial charge in [-0.25, -0.2) is 0 Å². The fraction of sp³-hybridized carbons (Fsp3) is 0.692. The maximum Gasteiger partial charge on any atom is 0.120 e. The van der Waals surface area contributed by atoms with Crippen LogP contribution in [-0.2, 0) is 0 Å². The highest BCUT2D eigenvalue weighted by atomic mass is 32.2. The molecule has 2 nitrogen and oxygen atoms in total. The summed E-state index contributed by atoms with van der Waals surface area (Å²) in [6, 6.07) is 4.92. The van der Waals surface area contributed by atoms with Gasteiger partial charge in [0, 0.05) is 6.04 Å². The molecule has 0 saturated carbocycles. The zero-order valence-corrected chi connectivity index (χ0v) is 11.6. The Labute approximate surface area is 103 Å². The van der Waals surface area contributed by atoms with E-state index in [0.29, 0.717) is 12.1 Å². The molecule has 0 saturated heterocycles. The van der Waals surface area contributed by atoms with Crippen molar-refractivity contribution < 1.29 is 4.42 Å². The predicted octanol–water partition coefficient (Wildman–Crippen LogP) is 3.77. The highest BCUT2D eigenvalue weighted by Crippen LogP contribution is 2.17. The Kier molecular flexibility index (Phi) is 5.99. The highest BCUT2D eigenvalue weighted by Gasteiger charge is 2.11. The van der Waals surface area contributed by atoms with Crippen molar-refractivity contribution in [1.82, 2.24) is 5.32 Å². The predicted molar refractivity (Wildman–Crippen MR) is 72.1 cm³/mol. The third-order valence-corrected chi connectivity index (χ3v) is 3.55. The SMILES string of the molecule is CCSCCC(C)NC(C)c1ccc(C)o1. The number of rotatable bonds is 7. The summed E-state index contributed by atoms with van der Waals surface area (Å²) in [6.07, 6.45) is 1.21. The molecule has 0 aliphatic rings. The van der Waals surface area contributed by atoms with E-state index in [0.717, 1.165) is 11.5 Å². The minimum Gasteiger partial charge on any atom is -0.465 e. The van der Waals surface area contributed by atoms with Gasteiger partial charge in [0.05, 0.1) is 6.04 Å². The van der Waals surface area contributed by atoms with Crippen molar-refractivity contribution in [1.29, 1.82) is 0 Å². The van der Waals surface area contributed by atoms with Crippen LogP contribution in [-0.4, -0.2) is 17.5 Å². The summed E-state index contributed by atoms with van der Waals surface area (Å²) < 4.78 is 5.60. The number of nitrogens with one attached hydrogen (secondary N) is 1. The molecule has 2 atom stereocenters. The molecule has 0 aliphatic carbocycles. The van der Waals surface area contributed by atoms with Gasteiger partial charge in [-0.05, 0) is 50.8 Å². The maximum absolute atomic E-state index is 5.60. The summed E-state index contributed by atoms with van der Waals surface area (Å²) in [5.74, 6) is 4.46. The molecule has 1 aromatic heterocycles. The molecule has 0 aromatic carbocycles. The molecular formula is C13H23NOS. The van der Waals surface area contributed by atoms with Crippen LogP contribution in [0.1, 0.15) is 44.8 Å². The lowest BCUT2D eigenvalue weighted by Crippen LogP contribution is -2.29. The van der Waals surface area contributed by atoms with Crippen LogP contribution < -0.4 is 5.32 Å². The fourth-order valence-electron chi connectivity index (χ4n) is 1.68. The molecule has 0 radical (unpaired) electrons. The van der Waals surface area contributed by atoms with Crippen molar-refractivity contribution in [2.45, 2.75) is 46.2 Å². The van der Waals surface area contributed by atoms with Crippen LogP contribution in [0.15, 0.2) is 16.5 Å². The summed E-state index contributed by atoms with van der Waals surface area (Å²) in [7, 11) is 0. The van der Waals surface area contributed by atoms with Gasteiger partial charge in [-0.3, -0.25) is 0 Å². The van der Waals surface area contributed by atoms with Crippen molar-refractivity contribution in [3.05, 3.63) is 23.7 Å². The van der Waals surface area contributed by atoms with Gasteiger partial charge in [0.2, 0.25) is 0 Å². The van der Waals surface area contributed by atoms with Gasteiger partial charge in [0.25, 0.3) is 0 Å². The second-order valence-electron chi connectivity index (χ2n) is 4.22. The van der Waals surface area contributed by atoms with Gasteiger partial charge in [-0.1, -0.05) is 6.92 Å². The monoisotopic (exact) mass is 241 g/mol. The van der Waals surface area contributed by atoms with E-state index >= 15 is 0 Å². The molecule has 92 valence electrons. The first-order valence-corrected chi connectivity index (χ1v) is 7.19. The molecule has 16 heavy (non-hydrogen) atoms. The summed E-state index contributed by atoms with van der Waals surface area (Å²) in [4.78, 5) is 0. The number of hydrogen-bond acceptors (Lipinski definition) is 3. The van der Waals surface area contributed by atoms with E-state index in [2.05, 4.69) is 32.2 Å². The number of furan rings is 1. The molecule has 0 amide bonds. The molecular weight excluding hydrogens is 218 g/mol. The smallest absolute Gasteiger partial charge is 0.120 e. The molecule has 0 aliphatic heterocycles. The molecule has 1 rings (SSSR count). The largest absolute Gasteiger partial charge is 0.465 e. The molecule has 0 fully saturated rings. The van der Waals surface area contributed by atoms with Crippen molar-refractivity contribution in [3.8, 4) is 0 Å². The number of thioether (sulfide) groups is 1. The second-order valence-corrected chi connectivity index (χ2v) is 5.62. The van der Waals surface area contributed by atoms with Gasteiger partial charge in [-0.2, -0.15) is 11.8 Å². The second kappa shape index (κ2) is 7.02. The molecule has 0 bridgehead atoms. The minimum atomic E-state index is 0.301. The maximum atomic E-state index is 5.60. The molecule has 0 spiro atoms. The summed E-state index contributed by atoms with van der Waals surface area (Å²) in [5.41, 5.74) is 0. The summed E-state index contributed by atoms with van der Waals surface area (Å²) >= 11 is 2.00. The van der Waals surface area contributed by atoms with Gasteiger partial charge in [0.15, 0.2) is 0 Å². The van der Waals surface area contributed by atoms with Crippen LogP contribution in [0.25, 0.3) is 0 Å². The Balaban J connectivity index is 2.30. The Morgan fingerprint density at radius 1 is 1.38 bits per heavy atom. The van der Waals surface area contributed by atoms with Crippen LogP contribution in [0.3, 0.4) is 0 Å². The average Bonchev–Trinajstić information content (AvgIpc) is 2.65. The van der Waals surface area contributed by atoms with Crippen molar-refractivity contribution >= 4 is 11.8 Å². The third-order valence-electron chi connectivity index (χ3n) is 2.62. The fourth-order valence-corrected chi connectivity index (χ4v) is 2.49. The number of hydrogen-bond donors (Lipinski definition) is 1. The normalized spacial score (nSPS) is 15.0. The van der Waals surface area contributed by atoms with Gasteiger partial charge >= 0.3 is 0 Å². The Bertz CT molecular complexity index is 298. The first kappa shape index (κ1) is 13.7. The van der Waals surface area contributed by atoms with Crippen molar-refractivity contribution in [2.75, 3.05) is 11.5 Å². The lowest BCUT2D eigenvalue weighted by molar-refractivity contribution is 0.385. The molecule has 3 heteroatoms. The van der Waals surface area contributed by atoms with E-state index in [9.17, 15) is 0 Å². The van der Waals surface area contributed by atoms with Crippen LogP contribution in [0.2, 0.25) is 0 Å². The zero-order chi connectivity index (χ0) is 12.0. The van der Waals surface area contributed by atoms with Crippen LogP contribution in [0.4, 0.5) is 0 Å². The van der Waals surface area contributed by atoms with Gasteiger partial charge in [0.1, 0.15) is 11.5 Å². The summed E-state index contributed by atoms with van der Waals surface area (Å²) in [5, 5.41) is 3.56. The first-order chi connectivity index (χ1) is 7.63.